The number of piperidine rings is 1. The van der Waals surface area contributed by atoms with E-state index < -0.39 is 12.1 Å². The number of halogens is 3. The molecule has 2 rings (SSSR count). The highest BCUT2D eigenvalue weighted by Crippen LogP contribution is 2.34. The van der Waals surface area contributed by atoms with Crippen LogP contribution in [0.4, 0.5) is 13.2 Å². The van der Waals surface area contributed by atoms with Gasteiger partial charge in [-0.05, 0) is 25.0 Å². The molecule has 0 aliphatic carbocycles. The third-order valence-corrected chi connectivity index (χ3v) is 3.75. The Labute approximate surface area is 125 Å². The minimum absolute atomic E-state index is 0.0692. The average molecular weight is 317 g/mol. The second kappa shape index (κ2) is 5.97. The minimum Gasteiger partial charge on any atom is -0.389 e. The van der Waals surface area contributed by atoms with E-state index >= 15 is 0 Å². The van der Waals surface area contributed by atoms with Crippen molar-refractivity contribution in [1.29, 1.82) is 0 Å². The van der Waals surface area contributed by atoms with E-state index in [4.69, 9.17) is 18.0 Å². The van der Waals surface area contributed by atoms with Crippen LogP contribution in [-0.2, 0) is 0 Å². The number of amides is 1. The molecule has 1 aromatic rings. The molecule has 8 heteroatoms. The van der Waals surface area contributed by atoms with Crippen molar-refractivity contribution in [2.45, 2.75) is 19.0 Å². The third-order valence-electron chi connectivity index (χ3n) is 3.51. The lowest BCUT2D eigenvalue weighted by molar-refractivity contribution is -0.183. The van der Waals surface area contributed by atoms with Gasteiger partial charge in [-0.25, -0.2) is 0 Å². The topological polar surface area (TPSA) is 59.2 Å². The van der Waals surface area contributed by atoms with Gasteiger partial charge in [0.15, 0.2) is 0 Å². The summed E-state index contributed by atoms with van der Waals surface area (Å²) in [6, 6.07) is 3.05. The summed E-state index contributed by atoms with van der Waals surface area (Å²) in [5.41, 5.74) is 6.15. The van der Waals surface area contributed by atoms with E-state index in [1.807, 2.05) is 0 Å². The SMILES string of the molecule is NC(=S)c1ccc(C(=O)N2CCC(C(F)(F)F)CC2)nc1. The fourth-order valence-corrected chi connectivity index (χ4v) is 2.36. The van der Waals surface area contributed by atoms with Gasteiger partial charge in [0, 0.05) is 24.8 Å². The molecule has 114 valence electrons. The van der Waals surface area contributed by atoms with Gasteiger partial charge in [-0.2, -0.15) is 13.2 Å². The highest BCUT2D eigenvalue weighted by molar-refractivity contribution is 7.80. The Morgan fingerprint density at radius 1 is 1.33 bits per heavy atom. The molecule has 1 fully saturated rings. The van der Waals surface area contributed by atoms with E-state index in [1.54, 1.807) is 6.07 Å². The van der Waals surface area contributed by atoms with Gasteiger partial charge in [-0.15, -0.1) is 0 Å². The normalized spacial score (nSPS) is 16.8. The molecule has 2 heterocycles. The molecular formula is C13H14F3N3OS. The van der Waals surface area contributed by atoms with Crippen molar-refractivity contribution < 1.29 is 18.0 Å². The molecule has 21 heavy (non-hydrogen) atoms. The van der Waals surface area contributed by atoms with Crippen LogP contribution in [0.1, 0.15) is 28.9 Å². The zero-order valence-electron chi connectivity index (χ0n) is 11.1. The molecule has 1 amide bonds. The summed E-state index contributed by atoms with van der Waals surface area (Å²) in [6.07, 6.45) is -2.94. The standard InChI is InChI=1S/C13H14F3N3OS/c14-13(15,16)9-3-5-19(6-4-9)12(20)10-2-1-8(7-18-10)11(17)21/h1-2,7,9H,3-6H2,(H2,17,21). The predicted octanol–water partition coefficient (Wildman–Crippen LogP) is 2.13. The van der Waals surface area contributed by atoms with Gasteiger partial charge in [-0.3, -0.25) is 9.78 Å². The number of pyridine rings is 1. The maximum atomic E-state index is 12.6. The lowest BCUT2D eigenvalue weighted by atomic mass is 9.96. The quantitative estimate of drug-likeness (QED) is 0.849. The summed E-state index contributed by atoms with van der Waals surface area (Å²) in [5, 5.41) is 0. The molecule has 0 radical (unpaired) electrons. The fourth-order valence-electron chi connectivity index (χ4n) is 2.24. The number of likely N-dealkylation sites (tertiary alicyclic amines) is 1. The minimum atomic E-state index is -4.19. The van der Waals surface area contributed by atoms with Gasteiger partial charge in [0.05, 0.1) is 5.92 Å². The maximum absolute atomic E-state index is 12.6. The summed E-state index contributed by atoms with van der Waals surface area (Å²) < 4.78 is 37.7. The molecular weight excluding hydrogens is 303 g/mol. The summed E-state index contributed by atoms with van der Waals surface area (Å²) in [5.74, 6) is -1.70. The molecule has 0 unspecified atom stereocenters. The van der Waals surface area contributed by atoms with Crippen molar-refractivity contribution in [2.75, 3.05) is 13.1 Å². The van der Waals surface area contributed by atoms with Crippen molar-refractivity contribution in [3.05, 3.63) is 29.6 Å². The van der Waals surface area contributed by atoms with E-state index in [9.17, 15) is 18.0 Å². The van der Waals surface area contributed by atoms with Gasteiger partial charge >= 0.3 is 6.18 Å². The molecule has 2 N–H and O–H groups in total. The lowest BCUT2D eigenvalue weighted by Gasteiger charge is -2.32. The second-order valence-corrected chi connectivity index (χ2v) is 5.34. The smallest absolute Gasteiger partial charge is 0.389 e. The molecule has 4 nitrogen and oxygen atoms in total. The number of rotatable bonds is 2. The number of carbonyl (C=O) groups excluding carboxylic acids is 1. The zero-order valence-corrected chi connectivity index (χ0v) is 11.9. The Morgan fingerprint density at radius 2 is 1.95 bits per heavy atom. The molecule has 1 aromatic heterocycles. The number of thiocarbonyl (C=S) groups is 1. The molecule has 1 saturated heterocycles. The summed E-state index contributed by atoms with van der Waals surface area (Å²) in [4.78, 5) is 17.7. The summed E-state index contributed by atoms with van der Waals surface area (Å²) in [6.45, 7) is 0.170. The highest BCUT2D eigenvalue weighted by atomic mass is 32.1. The summed E-state index contributed by atoms with van der Waals surface area (Å²) >= 11 is 4.78. The third kappa shape index (κ3) is 3.69. The van der Waals surface area contributed by atoms with Gasteiger partial charge in [-0.1, -0.05) is 12.2 Å². The van der Waals surface area contributed by atoms with Crippen LogP contribution in [0.25, 0.3) is 0 Å². The van der Waals surface area contributed by atoms with Crippen LogP contribution in [0.3, 0.4) is 0 Å². The summed E-state index contributed by atoms with van der Waals surface area (Å²) in [7, 11) is 0. The van der Waals surface area contributed by atoms with Crippen LogP contribution in [-0.4, -0.2) is 40.0 Å². The maximum Gasteiger partial charge on any atom is 0.391 e. The Kier molecular flexibility index (Phi) is 4.46. The van der Waals surface area contributed by atoms with Gasteiger partial charge in [0.2, 0.25) is 0 Å². The van der Waals surface area contributed by atoms with E-state index in [0.717, 1.165) is 0 Å². The molecule has 0 atom stereocenters. The first-order chi connectivity index (χ1) is 9.79. The number of nitrogens with zero attached hydrogens (tertiary/aromatic N) is 2. The first-order valence-corrected chi connectivity index (χ1v) is 6.81. The van der Waals surface area contributed by atoms with Crippen LogP contribution in [0.15, 0.2) is 18.3 Å². The first-order valence-electron chi connectivity index (χ1n) is 6.41. The molecule has 0 saturated carbocycles. The number of hydrogen-bond donors (Lipinski definition) is 1. The van der Waals surface area contributed by atoms with Gasteiger partial charge in [0.1, 0.15) is 10.7 Å². The fraction of sp³-hybridized carbons (Fsp3) is 0.462. The Morgan fingerprint density at radius 3 is 2.38 bits per heavy atom. The highest BCUT2D eigenvalue weighted by Gasteiger charge is 2.41. The van der Waals surface area contributed by atoms with Crippen LogP contribution >= 0.6 is 12.2 Å². The van der Waals surface area contributed by atoms with Crippen molar-refractivity contribution in [3.63, 3.8) is 0 Å². The Balaban J connectivity index is 2.00. The first kappa shape index (κ1) is 15.7. The van der Waals surface area contributed by atoms with E-state index in [-0.39, 0.29) is 42.5 Å². The molecule has 0 aromatic carbocycles. The molecule has 0 bridgehead atoms. The van der Waals surface area contributed by atoms with Crippen molar-refractivity contribution in [2.24, 2.45) is 11.7 Å². The lowest BCUT2D eigenvalue weighted by Crippen LogP contribution is -2.42. The van der Waals surface area contributed by atoms with Crippen LogP contribution < -0.4 is 5.73 Å². The number of nitrogens with two attached hydrogens (primary N) is 1. The zero-order chi connectivity index (χ0) is 15.6. The predicted molar refractivity (Wildman–Crippen MR) is 74.8 cm³/mol. The number of alkyl halides is 3. The van der Waals surface area contributed by atoms with E-state index in [1.165, 1.54) is 17.2 Å². The Bertz CT molecular complexity index is 537. The van der Waals surface area contributed by atoms with Crippen molar-refractivity contribution in [1.82, 2.24) is 9.88 Å². The van der Waals surface area contributed by atoms with Crippen LogP contribution in [0, 0.1) is 5.92 Å². The van der Waals surface area contributed by atoms with E-state index in [2.05, 4.69) is 4.98 Å². The largest absolute Gasteiger partial charge is 0.391 e. The van der Waals surface area contributed by atoms with E-state index in [0.29, 0.717) is 5.56 Å². The molecule has 1 aliphatic rings. The monoisotopic (exact) mass is 317 g/mol. The Hall–Kier alpha value is -1.70. The van der Waals surface area contributed by atoms with Gasteiger partial charge in [0.25, 0.3) is 5.91 Å². The van der Waals surface area contributed by atoms with Crippen molar-refractivity contribution >= 4 is 23.1 Å². The number of hydrogen-bond acceptors (Lipinski definition) is 3. The van der Waals surface area contributed by atoms with Gasteiger partial charge < -0.3 is 10.6 Å². The van der Waals surface area contributed by atoms with Crippen LogP contribution in [0.5, 0.6) is 0 Å². The average Bonchev–Trinajstić information content (AvgIpc) is 2.46. The van der Waals surface area contributed by atoms with Crippen LogP contribution in [0.2, 0.25) is 0 Å². The number of aromatic nitrogens is 1. The molecule has 1 aliphatic heterocycles. The van der Waals surface area contributed by atoms with Crippen molar-refractivity contribution in [3.8, 4) is 0 Å². The molecule has 0 spiro atoms. The second-order valence-electron chi connectivity index (χ2n) is 4.90. The number of carbonyl (C=O) groups is 1.